The number of carbonyl (C=O) groups is 7. The minimum absolute atomic E-state index is 0.0979. The van der Waals surface area contributed by atoms with Crippen molar-refractivity contribution in [1.29, 1.82) is 0 Å². The molecule has 17 N–H and O–H groups in total. The molecule has 0 saturated heterocycles. The number of aromatic amines is 5. The number of anilines is 7. The van der Waals surface area contributed by atoms with E-state index in [2.05, 4.69) is 80.3 Å². The highest BCUT2D eigenvalue weighted by atomic mass is 16.5. The van der Waals surface area contributed by atoms with Gasteiger partial charge in [0.25, 0.3) is 11.8 Å². The summed E-state index contributed by atoms with van der Waals surface area (Å²) in [5, 5.41) is 72.2. The third kappa shape index (κ3) is 22.0. The fourth-order valence-electron chi connectivity index (χ4n) is 15.0. The average Bonchev–Trinajstić information content (AvgIpc) is 1.64. The van der Waals surface area contributed by atoms with Crippen LogP contribution in [-0.2, 0) is 16.0 Å². The van der Waals surface area contributed by atoms with Crippen LogP contribution in [0, 0.1) is 0 Å². The van der Waals surface area contributed by atoms with Gasteiger partial charge in [0.15, 0.2) is 11.5 Å². The number of urea groups is 2. The molecule has 0 aliphatic carbocycles. The van der Waals surface area contributed by atoms with Gasteiger partial charge in [-0.25, -0.2) is 19.2 Å². The highest BCUT2D eigenvalue weighted by Gasteiger charge is 2.20. The number of aromatic hydroxyl groups is 4. The number of hydrogen-bond donors (Lipinski definition) is 17. The summed E-state index contributed by atoms with van der Waals surface area (Å²) >= 11 is 0. The number of rotatable bonds is 18. The minimum Gasteiger partial charge on any atom is -0.508 e. The molecule has 15 aromatic carbocycles. The van der Waals surface area contributed by atoms with E-state index in [9.17, 15) is 54.0 Å². The van der Waals surface area contributed by atoms with Crippen molar-refractivity contribution in [3.8, 4) is 79.3 Å². The Morgan fingerprint density at radius 3 is 0.925 bits per heavy atom. The second-order valence-electron chi connectivity index (χ2n) is 30.7. The van der Waals surface area contributed by atoms with Gasteiger partial charge in [0.1, 0.15) is 11.5 Å². The van der Waals surface area contributed by atoms with Crippen molar-refractivity contribution in [2.24, 2.45) is 0 Å². The molecule has 20 rings (SSSR count). The van der Waals surface area contributed by atoms with Gasteiger partial charge >= 0.3 is 24.0 Å². The summed E-state index contributed by atoms with van der Waals surface area (Å²) in [6.45, 7) is 0. The number of aromatic carboxylic acids is 1. The molecule has 0 aliphatic heterocycles. The maximum atomic E-state index is 12.5. The first-order valence-corrected chi connectivity index (χ1v) is 42.3. The molecule has 0 unspecified atom stereocenters. The standard InChI is InChI=1S/C23H19N3O3.C22H17N3O3.C22H18N2O2.C21H16N2O3.C21H16N2O2/c1-29-22(27)16-8-6-9-17(13-16)24-23(28)26-20-12-5-3-10-18(20)21-14-15-7-2-4-11-19(15)25-21;26-21(27)15-7-5-8-16(12-15)23-22(28)25-19-11-4-2-9-17(19)20-13-14-6-1-3-10-18(14)24-20;25-17-11-9-15(10-12-17)13-22(26)24-20-8-4-2-6-18(20)21-14-16-5-1-3-7-19(16)23-21;24-19-10-9-14(12-20(19)25)21(26)23-17-8-4-2-6-15(17)18-11-13-5-1-3-7-16(13)22-18;24-16-11-9-14(10-12-16)21(25)23-19-8-4-2-6-17(19)20-13-15-5-1-3-7-18(15)22-20/h2-14,25H,1H3,(H2,24,26,28);1-13,24H,(H,26,27)(H2,23,25,28);1-12,14,23,25H,13H2,(H,24,26);1-12,22,24-25H,(H,23,26);1-13,22,24H,(H,23,25). The number of nitrogens with one attached hydrogen (secondary N) is 12. The number of carboxylic acid groups (broad SMARTS) is 1. The van der Waals surface area contributed by atoms with Crippen LogP contribution in [0.5, 0.6) is 23.0 Å². The number of benzene rings is 15. The number of carboxylic acids is 1. The van der Waals surface area contributed by atoms with Gasteiger partial charge in [-0.05, 0) is 188 Å². The summed E-state index contributed by atoms with van der Waals surface area (Å²) in [5.74, 6) is -2.46. The lowest BCUT2D eigenvalue weighted by Gasteiger charge is -2.12. The van der Waals surface area contributed by atoms with Crippen molar-refractivity contribution in [1.82, 2.24) is 24.9 Å². The number of esters is 1. The van der Waals surface area contributed by atoms with Crippen LogP contribution in [-0.4, -0.2) is 99.3 Å². The normalized spacial score (nSPS) is 10.7. The summed E-state index contributed by atoms with van der Waals surface area (Å²) in [6, 6.07) is 117. The van der Waals surface area contributed by atoms with Gasteiger partial charge < -0.3 is 92.4 Å². The molecule has 0 bridgehead atoms. The molecular weight excluding hydrogens is 1690 g/mol. The second-order valence-corrected chi connectivity index (χ2v) is 30.7. The third-order valence-corrected chi connectivity index (χ3v) is 21.6. The molecule has 5 aromatic heterocycles. The summed E-state index contributed by atoms with van der Waals surface area (Å²) in [4.78, 5) is 102. The van der Waals surface area contributed by atoms with Crippen molar-refractivity contribution in [2.75, 3.05) is 44.3 Å². The predicted molar refractivity (Wildman–Crippen MR) is 529 cm³/mol. The van der Waals surface area contributed by atoms with Crippen LogP contribution in [0.15, 0.2) is 388 Å². The number of carbonyl (C=O) groups excluding carboxylic acids is 6. The Balaban J connectivity index is 0.000000122. The monoisotopic (exact) mass is 1770 g/mol. The molecule has 0 atom stereocenters. The van der Waals surface area contributed by atoms with Crippen LogP contribution in [0.1, 0.15) is 47.0 Å². The second kappa shape index (κ2) is 41.2. The summed E-state index contributed by atoms with van der Waals surface area (Å²) in [6.07, 6.45) is 0.251. The fourth-order valence-corrected chi connectivity index (χ4v) is 15.0. The predicted octanol–water partition coefficient (Wildman–Crippen LogP) is 24.5. The number of aromatic nitrogens is 5. The molecule has 134 heavy (non-hydrogen) atoms. The van der Waals surface area contributed by atoms with Gasteiger partial charge in [0.05, 0.1) is 53.1 Å². The Bertz CT molecular complexity index is 7540. The molecule has 7 amide bonds. The molecule has 0 radical (unpaired) electrons. The van der Waals surface area contributed by atoms with Gasteiger partial charge in [-0.3, -0.25) is 14.4 Å². The average molecular weight is 1770 g/mol. The van der Waals surface area contributed by atoms with E-state index in [1.54, 1.807) is 72.8 Å². The molecule has 0 spiro atoms. The first kappa shape index (κ1) is 88.5. The van der Waals surface area contributed by atoms with E-state index in [0.717, 1.165) is 128 Å². The van der Waals surface area contributed by atoms with Crippen molar-refractivity contribution < 1.29 is 63.8 Å². The van der Waals surface area contributed by atoms with Gasteiger partial charge in [-0.1, -0.05) is 206 Å². The van der Waals surface area contributed by atoms with Crippen molar-refractivity contribution in [3.63, 3.8) is 0 Å². The number of phenolic OH excluding ortho intramolecular Hbond substituents is 4. The smallest absolute Gasteiger partial charge is 0.337 e. The van der Waals surface area contributed by atoms with Crippen molar-refractivity contribution >= 4 is 136 Å². The Kier molecular flexibility index (Phi) is 27.2. The number of phenols is 4. The van der Waals surface area contributed by atoms with E-state index in [0.29, 0.717) is 39.6 Å². The lowest BCUT2D eigenvalue weighted by Crippen LogP contribution is -2.20. The Morgan fingerprint density at radius 1 is 0.269 bits per heavy atom. The van der Waals surface area contributed by atoms with Gasteiger partial charge in [0.2, 0.25) is 5.91 Å². The zero-order valence-electron chi connectivity index (χ0n) is 71.7. The number of hydrogen-bond acceptors (Lipinski definition) is 12. The van der Waals surface area contributed by atoms with Crippen LogP contribution in [0.3, 0.4) is 0 Å². The molecule has 25 nitrogen and oxygen atoms in total. The maximum absolute atomic E-state index is 12.5. The molecule has 0 saturated carbocycles. The van der Waals surface area contributed by atoms with Gasteiger partial charge in [0, 0.05) is 133 Å². The van der Waals surface area contributed by atoms with Crippen LogP contribution in [0.2, 0.25) is 0 Å². The molecule has 5 heterocycles. The molecular formula is C109H86N12O13. The summed E-state index contributed by atoms with van der Waals surface area (Å²) in [7, 11) is 1.32. The minimum atomic E-state index is -1.05. The Morgan fingerprint density at radius 2 is 0.575 bits per heavy atom. The number of amides is 7. The third-order valence-electron chi connectivity index (χ3n) is 21.6. The number of ether oxygens (including phenoxy) is 1. The van der Waals surface area contributed by atoms with E-state index in [-0.39, 0.29) is 58.3 Å². The fraction of sp³-hybridized carbons (Fsp3) is 0.0183. The van der Waals surface area contributed by atoms with Gasteiger partial charge in [-0.15, -0.1) is 0 Å². The topological polar surface area (TPSA) is 393 Å². The Hall–Kier alpha value is -18.9. The highest BCUT2D eigenvalue weighted by molar-refractivity contribution is 6.10. The van der Waals surface area contributed by atoms with Crippen LogP contribution in [0.25, 0.3) is 111 Å². The number of H-pyrrole nitrogens is 5. The first-order chi connectivity index (χ1) is 65.2. The lowest BCUT2D eigenvalue weighted by atomic mass is 10.1. The zero-order chi connectivity index (χ0) is 93.0. The SMILES string of the molecule is COC(=O)c1cccc(NC(=O)Nc2ccccc2-c2cc3ccccc3[nH]2)c1.O=C(Cc1ccc(O)cc1)Nc1ccccc1-c1cc2ccccc2[nH]1.O=C(Nc1cccc(C(=O)O)c1)Nc1ccccc1-c1cc2ccccc2[nH]1.O=C(Nc1ccccc1-c1cc2ccccc2[nH]1)c1ccc(O)c(O)c1.O=C(Nc1ccccc1-c1cc2ccccc2[nH]1)c1ccc(O)cc1. The quantitative estimate of drug-likeness (QED) is 0.0281. The molecule has 25 heteroatoms. The van der Waals surface area contributed by atoms with E-state index < -0.39 is 24.0 Å². The maximum Gasteiger partial charge on any atom is 0.337 e. The van der Waals surface area contributed by atoms with Gasteiger partial charge in [-0.2, -0.15) is 0 Å². The van der Waals surface area contributed by atoms with Crippen molar-refractivity contribution in [3.05, 3.63) is 416 Å². The van der Waals surface area contributed by atoms with E-state index in [1.165, 1.54) is 49.6 Å². The summed E-state index contributed by atoms with van der Waals surface area (Å²) < 4.78 is 4.71. The molecule has 0 aliphatic rings. The Labute approximate surface area is 766 Å². The largest absolute Gasteiger partial charge is 0.508 e. The molecule has 20 aromatic rings. The zero-order valence-corrected chi connectivity index (χ0v) is 71.7. The van der Waals surface area contributed by atoms with E-state index in [1.807, 2.05) is 255 Å². The number of para-hydroxylation sites is 10. The number of fused-ring (bicyclic) bond motifs is 5. The van der Waals surface area contributed by atoms with E-state index in [4.69, 9.17) is 9.84 Å². The van der Waals surface area contributed by atoms with Crippen LogP contribution in [0.4, 0.5) is 49.4 Å². The van der Waals surface area contributed by atoms with Crippen molar-refractivity contribution in [2.45, 2.75) is 6.42 Å². The lowest BCUT2D eigenvalue weighted by molar-refractivity contribution is -0.115. The molecule has 660 valence electrons. The van der Waals surface area contributed by atoms with E-state index >= 15 is 0 Å². The molecule has 0 fully saturated rings. The highest BCUT2D eigenvalue weighted by Crippen LogP contribution is 2.38. The summed E-state index contributed by atoms with van der Waals surface area (Å²) in [5.41, 5.74) is 20.7. The number of methoxy groups -OCH3 is 1. The first-order valence-electron chi connectivity index (χ1n) is 42.3. The van der Waals surface area contributed by atoms with Crippen LogP contribution >= 0.6 is 0 Å². The van der Waals surface area contributed by atoms with Crippen LogP contribution < -0.4 is 37.2 Å².